The molecule has 0 saturated carbocycles. The van der Waals surface area contributed by atoms with E-state index in [9.17, 15) is 34.8 Å². The quantitative estimate of drug-likeness (QED) is 0.268. The largest absolute Gasteiger partial charge is 0.510 e. The third-order valence-corrected chi connectivity index (χ3v) is 8.16. The number of phenols is 1. The Kier molecular flexibility index (Phi) is 7.65. The number of allylic oxidation sites excluding steroid dienone is 1. The number of aromatic hydroxyl groups is 1. The van der Waals surface area contributed by atoms with E-state index >= 15 is 0 Å². The molecule has 40 heavy (non-hydrogen) atoms. The van der Waals surface area contributed by atoms with E-state index in [1.165, 1.54) is 12.0 Å². The summed E-state index contributed by atoms with van der Waals surface area (Å²) in [5.74, 6) is -6.67. The molecule has 3 aliphatic rings. The van der Waals surface area contributed by atoms with Gasteiger partial charge in [-0.3, -0.25) is 19.3 Å². The van der Waals surface area contributed by atoms with Crippen molar-refractivity contribution in [1.29, 1.82) is 0 Å². The van der Waals surface area contributed by atoms with E-state index in [2.05, 4.69) is 26.1 Å². The number of nitrogens with one attached hydrogen (secondary N) is 1. The van der Waals surface area contributed by atoms with Gasteiger partial charge in [0.15, 0.2) is 11.4 Å². The van der Waals surface area contributed by atoms with Gasteiger partial charge in [-0.25, -0.2) is 0 Å². The van der Waals surface area contributed by atoms with Gasteiger partial charge in [0.25, 0.3) is 5.91 Å². The number of carbonyl (C=O) groups excluding carboxylic acids is 3. The standard InChI is InChI=1S/C29H39N3O8/c1-28(2,3)12-31-10-14-7-15(11-40-6)22(33)19-16(14)8-13-9-17-21(32(4)5)24(35)20(27(30)38)26(37)29(17,39)25(36)18(13)23(19)34/h7,13,17,21,31,33,35-36,39H,8-12H2,1-6H3,(H2,30,38). The molecule has 1 aromatic rings. The van der Waals surface area contributed by atoms with Crippen LogP contribution in [-0.4, -0.2) is 82.2 Å². The first-order chi connectivity index (χ1) is 18.6. The molecule has 1 aromatic carbocycles. The minimum Gasteiger partial charge on any atom is -0.510 e. The van der Waals surface area contributed by atoms with Gasteiger partial charge >= 0.3 is 0 Å². The lowest BCUT2D eigenvalue weighted by Gasteiger charge is -2.50. The van der Waals surface area contributed by atoms with Crippen LogP contribution in [0.25, 0.3) is 0 Å². The highest BCUT2D eigenvalue weighted by Gasteiger charge is 2.63. The Labute approximate surface area is 233 Å². The second kappa shape index (κ2) is 10.3. The fourth-order valence-electron chi connectivity index (χ4n) is 6.45. The van der Waals surface area contributed by atoms with E-state index in [1.54, 1.807) is 20.2 Å². The van der Waals surface area contributed by atoms with Crippen LogP contribution in [0.15, 0.2) is 28.7 Å². The molecule has 11 nitrogen and oxygen atoms in total. The summed E-state index contributed by atoms with van der Waals surface area (Å²) in [5.41, 5.74) is 3.49. The van der Waals surface area contributed by atoms with Gasteiger partial charge in [-0.15, -0.1) is 0 Å². The Morgan fingerprint density at radius 3 is 2.40 bits per heavy atom. The molecule has 4 unspecified atom stereocenters. The van der Waals surface area contributed by atoms with E-state index in [-0.39, 0.29) is 41.7 Å². The summed E-state index contributed by atoms with van der Waals surface area (Å²) in [5, 5.41) is 48.7. The molecule has 0 bridgehead atoms. The van der Waals surface area contributed by atoms with E-state index in [4.69, 9.17) is 10.5 Å². The number of carbonyl (C=O) groups is 3. The van der Waals surface area contributed by atoms with Crippen molar-refractivity contribution in [2.75, 3.05) is 27.7 Å². The molecule has 11 heteroatoms. The highest BCUT2D eigenvalue weighted by atomic mass is 16.5. The molecule has 0 heterocycles. The van der Waals surface area contributed by atoms with Crippen molar-refractivity contribution in [2.45, 2.75) is 58.4 Å². The second-order valence-corrected chi connectivity index (χ2v) is 12.5. The number of benzene rings is 1. The number of hydrogen-bond donors (Lipinski definition) is 6. The van der Waals surface area contributed by atoms with Gasteiger partial charge in [-0.1, -0.05) is 20.8 Å². The minimum absolute atomic E-state index is 0.00563. The number of aliphatic hydroxyl groups excluding tert-OH is 2. The first-order valence-corrected chi connectivity index (χ1v) is 13.3. The number of phenolic OH excluding ortho intramolecular Hbond substituents is 1. The third-order valence-electron chi connectivity index (χ3n) is 8.16. The highest BCUT2D eigenvalue weighted by molar-refractivity contribution is 6.24. The maximum atomic E-state index is 14.0. The van der Waals surface area contributed by atoms with Crippen molar-refractivity contribution >= 4 is 17.5 Å². The summed E-state index contributed by atoms with van der Waals surface area (Å²) < 4.78 is 5.24. The van der Waals surface area contributed by atoms with Crippen LogP contribution < -0.4 is 11.1 Å². The SMILES string of the molecule is COCc1cc(CNCC(C)(C)C)c2c(c1O)C(=O)C1=C(O)C3(O)C(=O)C(C(N)=O)=C(O)C(N(C)C)C3CC1C2. The number of ketones is 2. The number of methoxy groups -OCH3 is 1. The van der Waals surface area contributed by atoms with Gasteiger partial charge in [0, 0.05) is 37.3 Å². The Morgan fingerprint density at radius 1 is 1.20 bits per heavy atom. The van der Waals surface area contributed by atoms with Crippen LogP contribution >= 0.6 is 0 Å². The zero-order valence-corrected chi connectivity index (χ0v) is 23.8. The summed E-state index contributed by atoms with van der Waals surface area (Å²) in [6.07, 6.45) is 0.281. The molecular formula is C29H39N3O8. The molecule has 4 atom stereocenters. The minimum atomic E-state index is -2.67. The predicted molar refractivity (Wildman–Crippen MR) is 146 cm³/mol. The van der Waals surface area contributed by atoms with Crippen LogP contribution in [0, 0.1) is 17.3 Å². The summed E-state index contributed by atoms with van der Waals surface area (Å²) in [6, 6.07) is 0.769. The Hall–Kier alpha value is -3.25. The fourth-order valence-corrected chi connectivity index (χ4v) is 6.45. The molecule has 7 N–H and O–H groups in total. The second-order valence-electron chi connectivity index (χ2n) is 12.5. The van der Waals surface area contributed by atoms with E-state index in [0.717, 1.165) is 5.56 Å². The number of ether oxygens (including phenoxy) is 1. The van der Waals surface area contributed by atoms with E-state index < -0.39 is 58.0 Å². The number of primary amides is 1. The summed E-state index contributed by atoms with van der Waals surface area (Å²) >= 11 is 0. The number of rotatable bonds is 7. The van der Waals surface area contributed by atoms with Gasteiger partial charge in [-0.2, -0.15) is 0 Å². The topological polar surface area (TPSA) is 183 Å². The molecular weight excluding hydrogens is 518 g/mol. The number of aliphatic hydroxyl groups is 3. The summed E-state index contributed by atoms with van der Waals surface area (Å²) in [4.78, 5) is 41.1. The Bertz CT molecular complexity index is 1340. The van der Waals surface area contributed by atoms with Crippen LogP contribution in [0.4, 0.5) is 0 Å². The number of Topliss-reactive ketones (excluding diaryl/α,β-unsaturated/α-hetero) is 2. The molecule has 0 aliphatic heterocycles. The van der Waals surface area contributed by atoms with Gasteiger partial charge in [0.2, 0.25) is 5.78 Å². The average molecular weight is 558 g/mol. The lowest BCUT2D eigenvalue weighted by molar-refractivity contribution is -0.148. The molecule has 3 aliphatic carbocycles. The fraction of sp³-hybridized carbons (Fsp3) is 0.552. The van der Waals surface area contributed by atoms with Gasteiger partial charge in [0.05, 0.1) is 18.2 Å². The van der Waals surface area contributed by atoms with Crippen LogP contribution in [0.1, 0.15) is 54.2 Å². The first-order valence-electron chi connectivity index (χ1n) is 13.3. The van der Waals surface area contributed by atoms with Crippen LogP contribution in [0.5, 0.6) is 5.75 Å². The zero-order valence-electron chi connectivity index (χ0n) is 23.8. The lowest BCUT2D eigenvalue weighted by Crippen LogP contribution is -2.63. The number of amides is 1. The maximum Gasteiger partial charge on any atom is 0.255 e. The first kappa shape index (κ1) is 29.7. The van der Waals surface area contributed by atoms with Crippen molar-refractivity contribution in [1.82, 2.24) is 10.2 Å². The number of hydrogen-bond acceptors (Lipinski definition) is 10. The van der Waals surface area contributed by atoms with Crippen LogP contribution in [0.2, 0.25) is 0 Å². The molecule has 0 aromatic heterocycles. The number of nitrogens with zero attached hydrogens (tertiary/aromatic N) is 1. The summed E-state index contributed by atoms with van der Waals surface area (Å²) in [6.45, 7) is 7.43. The zero-order chi connectivity index (χ0) is 29.9. The number of nitrogens with two attached hydrogens (primary N) is 1. The van der Waals surface area contributed by atoms with Crippen molar-refractivity contribution in [2.24, 2.45) is 23.0 Å². The monoisotopic (exact) mass is 557 g/mol. The molecule has 4 rings (SSSR count). The summed E-state index contributed by atoms with van der Waals surface area (Å²) in [7, 11) is 4.66. The molecule has 0 spiro atoms. The van der Waals surface area contributed by atoms with Crippen molar-refractivity contribution in [3.05, 3.63) is 51.0 Å². The smallest absolute Gasteiger partial charge is 0.255 e. The molecule has 218 valence electrons. The molecule has 0 saturated heterocycles. The van der Waals surface area contributed by atoms with Gasteiger partial charge in [0.1, 0.15) is 22.8 Å². The lowest BCUT2D eigenvalue weighted by atomic mass is 9.58. The third kappa shape index (κ3) is 4.60. The Morgan fingerprint density at radius 2 is 1.85 bits per heavy atom. The normalized spacial score (nSPS) is 26.6. The average Bonchev–Trinajstić information content (AvgIpc) is 2.83. The molecule has 1 amide bonds. The number of fused-ring (bicyclic) bond motifs is 3. The maximum absolute atomic E-state index is 14.0. The van der Waals surface area contributed by atoms with E-state index in [1.807, 2.05) is 0 Å². The van der Waals surface area contributed by atoms with Crippen molar-refractivity contribution in [3.8, 4) is 5.75 Å². The Balaban J connectivity index is 1.90. The molecule has 0 fully saturated rings. The van der Waals surface area contributed by atoms with E-state index in [0.29, 0.717) is 24.2 Å². The molecule has 0 radical (unpaired) electrons. The number of likely N-dealkylation sites (N-methyl/N-ethyl adjacent to an activating group) is 1. The van der Waals surface area contributed by atoms with Crippen molar-refractivity contribution in [3.63, 3.8) is 0 Å². The predicted octanol–water partition coefficient (Wildman–Crippen LogP) is 1.40. The van der Waals surface area contributed by atoms with Crippen LogP contribution in [-0.2, 0) is 33.9 Å². The van der Waals surface area contributed by atoms with Gasteiger partial charge < -0.3 is 36.2 Å². The van der Waals surface area contributed by atoms with Crippen molar-refractivity contribution < 1.29 is 39.5 Å². The van der Waals surface area contributed by atoms with Gasteiger partial charge in [-0.05, 0) is 55.5 Å². The highest BCUT2D eigenvalue weighted by Crippen LogP contribution is 2.52. The van der Waals surface area contributed by atoms with Crippen LogP contribution in [0.3, 0.4) is 0 Å².